The van der Waals surface area contributed by atoms with Gasteiger partial charge in [-0.1, -0.05) is 0 Å². The molecule has 72 valence electrons. The second-order valence-corrected chi connectivity index (χ2v) is 2.84. The molecule has 2 N–H and O–H groups in total. The van der Waals surface area contributed by atoms with E-state index in [0.717, 1.165) is 11.8 Å². The Kier molecular flexibility index (Phi) is 6.68. The lowest BCUT2D eigenvalue weighted by atomic mass is 10.7. The summed E-state index contributed by atoms with van der Waals surface area (Å²) in [6.07, 6.45) is 0. The number of rotatable bonds is 6. The molecule has 0 unspecified atom stereocenters. The lowest BCUT2D eigenvalue weighted by Gasteiger charge is -2.01. The van der Waals surface area contributed by atoms with Gasteiger partial charge in [-0.2, -0.15) is 5.26 Å². The van der Waals surface area contributed by atoms with Crippen molar-refractivity contribution in [2.75, 3.05) is 18.1 Å². The van der Waals surface area contributed by atoms with Crippen molar-refractivity contribution in [3.05, 3.63) is 0 Å². The van der Waals surface area contributed by atoms with Crippen LogP contribution in [0.25, 0.3) is 0 Å². The van der Waals surface area contributed by atoms with Gasteiger partial charge >= 0.3 is 5.97 Å². The van der Waals surface area contributed by atoms with Crippen LogP contribution in [0.2, 0.25) is 0 Å². The fraction of sp³-hybridized carbons (Fsp3) is 0.500. The number of carbonyl (C=O) groups excluding carboxylic acids is 1. The maximum Gasteiger partial charge on any atom is 0.332 e. The third kappa shape index (κ3) is 8.65. The summed E-state index contributed by atoms with van der Waals surface area (Å²) in [5.41, 5.74) is 1.92. The summed E-state index contributed by atoms with van der Waals surface area (Å²) in [6, 6.07) is 1.85. The first kappa shape index (κ1) is 11.7. The van der Waals surface area contributed by atoms with Gasteiger partial charge < -0.3 is 5.11 Å². The van der Waals surface area contributed by atoms with Gasteiger partial charge in [0.15, 0.2) is 6.61 Å². The van der Waals surface area contributed by atoms with Crippen molar-refractivity contribution in [2.45, 2.75) is 0 Å². The van der Waals surface area contributed by atoms with E-state index in [2.05, 4.69) is 4.84 Å². The highest BCUT2D eigenvalue weighted by molar-refractivity contribution is 8.00. The van der Waals surface area contributed by atoms with Crippen LogP contribution in [0.1, 0.15) is 0 Å². The molecule has 0 aromatic carbocycles. The van der Waals surface area contributed by atoms with E-state index in [4.69, 9.17) is 10.4 Å². The highest BCUT2D eigenvalue weighted by atomic mass is 32.2. The normalized spacial score (nSPS) is 8.85. The molecule has 0 bridgehead atoms. The van der Waals surface area contributed by atoms with Crippen molar-refractivity contribution in [1.82, 2.24) is 5.48 Å². The van der Waals surface area contributed by atoms with E-state index in [-0.39, 0.29) is 11.5 Å². The van der Waals surface area contributed by atoms with E-state index >= 15 is 0 Å². The number of hydrogen-bond donors (Lipinski definition) is 2. The molecule has 0 aliphatic heterocycles. The largest absolute Gasteiger partial charge is 0.479 e. The lowest BCUT2D eigenvalue weighted by Crippen LogP contribution is -2.28. The summed E-state index contributed by atoms with van der Waals surface area (Å²) in [4.78, 5) is 24.9. The van der Waals surface area contributed by atoms with Crippen molar-refractivity contribution in [2.24, 2.45) is 0 Å². The van der Waals surface area contributed by atoms with Gasteiger partial charge in [0, 0.05) is 0 Å². The predicted molar refractivity (Wildman–Crippen MR) is 44.7 cm³/mol. The molecule has 0 fully saturated rings. The number of hydrogen-bond acceptors (Lipinski definition) is 5. The molecule has 0 rings (SSSR count). The molecule has 0 aromatic heterocycles. The van der Waals surface area contributed by atoms with E-state index < -0.39 is 18.5 Å². The van der Waals surface area contributed by atoms with Crippen molar-refractivity contribution in [3.63, 3.8) is 0 Å². The number of thioether (sulfide) groups is 1. The first-order valence-corrected chi connectivity index (χ1v) is 4.39. The summed E-state index contributed by atoms with van der Waals surface area (Å²) in [5, 5.41) is 16.2. The summed E-state index contributed by atoms with van der Waals surface area (Å²) < 4.78 is 0. The van der Waals surface area contributed by atoms with Gasteiger partial charge in [0.25, 0.3) is 5.91 Å². The maximum absolute atomic E-state index is 10.7. The minimum Gasteiger partial charge on any atom is -0.479 e. The number of carbonyl (C=O) groups is 2. The molecular formula is C6H8N2O4S. The van der Waals surface area contributed by atoms with Gasteiger partial charge in [0.2, 0.25) is 0 Å². The number of nitrogens with zero attached hydrogens (tertiary/aromatic N) is 1. The number of nitriles is 1. The Hall–Kier alpha value is -1.26. The first-order chi connectivity index (χ1) is 6.16. The van der Waals surface area contributed by atoms with Crippen LogP contribution in [-0.4, -0.2) is 35.1 Å². The Bertz CT molecular complexity index is 225. The van der Waals surface area contributed by atoms with Gasteiger partial charge in [0.05, 0.1) is 17.6 Å². The van der Waals surface area contributed by atoms with Crippen LogP contribution in [-0.2, 0) is 14.4 Å². The molecule has 13 heavy (non-hydrogen) atoms. The summed E-state index contributed by atoms with van der Waals surface area (Å²) in [7, 11) is 0. The van der Waals surface area contributed by atoms with Crippen molar-refractivity contribution < 1.29 is 19.5 Å². The fourth-order valence-corrected chi connectivity index (χ4v) is 0.835. The Morgan fingerprint density at radius 2 is 2.31 bits per heavy atom. The van der Waals surface area contributed by atoms with Crippen LogP contribution < -0.4 is 5.48 Å². The predicted octanol–water partition coefficient (Wildman–Crippen LogP) is -0.624. The van der Waals surface area contributed by atoms with Gasteiger partial charge in [0.1, 0.15) is 0 Å². The van der Waals surface area contributed by atoms with E-state index in [9.17, 15) is 9.59 Å². The Balaban J connectivity index is 3.31. The minimum absolute atomic E-state index is 0.0766. The van der Waals surface area contributed by atoms with Gasteiger partial charge in [-0.25, -0.2) is 10.3 Å². The summed E-state index contributed by atoms with van der Waals surface area (Å²) in [6.45, 7) is -0.575. The Morgan fingerprint density at radius 1 is 1.62 bits per heavy atom. The lowest BCUT2D eigenvalue weighted by molar-refractivity contribution is -0.148. The van der Waals surface area contributed by atoms with E-state index in [1.807, 2.05) is 11.5 Å². The maximum atomic E-state index is 10.7. The molecule has 6 nitrogen and oxygen atoms in total. The molecule has 0 spiro atoms. The van der Waals surface area contributed by atoms with E-state index in [1.165, 1.54) is 0 Å². The van der Waals surface area contributed by atoms with Crippen molar-refractivity contribution in [3.8, 4) is 6.07 Å². The van der Waals surface area contributed by atoms with Crippen LogP contribution in [0.3, 0.4) is 0 Å². The third-order valence-electron chi connectivity index (χ3n) is 0.781. The van der Waals surface area contributed by atoms with Gasteiger partial charge in [-0.05, 0) is 0 Å². The summed E-state index contributed by atoms with van der Waals surface area (Å²) in [5.74, 6) is -1.33. The van der Waals surface area contributed by atoms with Crippen LogP contribution in [0.15, 0.2) is 0 Å². The zero-order valence-corrected chi connectivity index (χ0v) is 7.47. The Morgan fingerprint density at radius 3 is 2.85 bits per heavy atom. The highest BCUT2D eigenvalue weighted by Crippen LogP contribution is 1.96. The monoisotopic (exact) mass is 204 g/mol. The fourth-order valence-electron chi connectivity index (χ4n) is 0.397. The Labute approximate surface area is 78.8 Å². The highest BCUT2D eigenvalue weighted by Gasteiger charge is 2.02. The third-order valence-corrected chi connectivity index (χ3v) is 1.58. The zero-order chi connectivity index (χ0) is 10.1. The minimum atomic E-state index is -1.16. The van der Waals surface area contributed by atoms with Crippen LogP contribution in [0, 0.1) is 11.3 Å². The molecule has 0 atom stereocenters. The molecule has 0 aliphatic rings. The number of hydroxylamine groups is 1. The average Bonchev–Trinajstić information content (AvgIpc) is 2.04. The van der Waals surface area contributed by atoms with E-state index in [1.54, 1.807) is 0 Å². The molecule has 0 heterocycles. The van der Waals surface area contributed by atoms with Crippen LogP contribution in [0.4, 0.5) is 0 Å². The smallest absolute Gasteiger partial charge is 0.332 e. The quantitative estimate of drug-likeness (QED) is 0.441. The van der Waals surface area contributed by atoms with Crippen molar-refractivity contribution >= 4 is 23.6 Å². The average molecular weight is 204 g/mol. The molecule has 0 aliphatic carbocycles. The van der Waals surface area contributed by atoms with Gasteiger partial charge in [-0.3, -0.25) is 9.63 Å². The molecule has 1 amide bonds. The number of carboxylic acid groups (broad SMARTS) is 1. The molecular weight excluding hydrogens is 196 g/mol. The first-order valence-electron chi connectivity index (χ1n) is 3.24. The standard InChI is InChI=1S/C6H8N2O4S/c7-1-2-13-4-5(9)8-12-3-6(10)11/h2-4H2,(H,8,9)(H,10,11). The van der Waals surface area contributed by atoms with Crippen LogP contribution in [0.5, 0.6) is 0 Å². The number of amides is 1. The summed E-state index contributed by atoms with van der Waals surface area (Å²) >= 11 is 1.12. The topological polar surface area (TPSA) is 99.4 Å². The molecule has 0 saturated carbocycles. The van der Waals surface area contributed by atoms with Gasteiger partial charge in [-0.15, -0.1) is 11.8 Å². The van der Waals surface area contributed by atoms with Crippen LogP contribution >= 0.6 is 11.8 Å². The molecule has 0 radical (unpaired) electrons. The SMILES string of the molecule is N#CCSCC(=O)NOCC(=O)O. The number of aliphatic carboxylic acids is 1. The molecule has 0 aromatic rings. The second-order valence-electron chi connectivity index (χ2n) is 1.86. The van der Waals surface area contributed by atoms with E-state index in [0.29, 0.717) is 0 Å². The second kappa shape index (κ2) is 7.39. The zero-order valence-electron chi connectivity index (χ0n) is 6.65. The van der Waals surface area contributed by atoms with Crippen molar-refractivity contribution in [1.29, 1.82) is 5.26 Å². The molecule has 7 heteroatoms. The molecule has 0 saturated heterocycles. The number of carboxylic acids is 1. The number of nitrogens with one attached hydrogen (secondary N) is 1.